The molecule has 0 spiro atoms. The van der Waals surface area contributed by atoms with Crippen LogP contribution in [0.5, 0.6) is 5.75 Å². The van der Waals surface area contributed by atoms with Crippen molar-refractivity contribution in [1.29, 1.82) is 0 Å². The molecule has 4 aromatic rings. The van der Waals surface area contributed by atoms with E-state index in [-0.39, 0.29) is 12.6 Å². The SMILES string of the molecule is CCCN(CC(OC(=O)NCc1cccc(NC(=O)Nc2ccc(-c3cnco3)c(OC)c2)c1)c1ccccc1)C1CC1.O=C(O)C(F)(F)F. The van der Waals surface area contributed by atoms with Crippen LogP contribution in [0.3, 0.4) is 0 Å². The first-order chi connectivity index (χ1) is 24.0. The minimum absolute atomic E-state index is 0.249. The van der Waals surface area contributed by atoms with Gasteiger partial charge in [-0.15, -0.1) is 0 Å². The second kappa shape index (κ2) is 17.7. The highest BCUT2D eigenvalue weighted by atomic mass is 19.4. The molecule has 0 bridgehead atoms. The summed E-state index contributed by atoms with van der Waals surface area (Å²) < 4.78 is 48.5. The Labute approximate surface area is 286 Å². The van der Waals surface area contributed by atoms with Crippen molar-refractivity contribution >= 4 is 29.5 Å². The van der Waals surface area contributed by atoms with Gasteiger partial charge in [0.25, 0.3) is 0 Å². The molecule has 12 nitrogen and oxygen atoms in total. The standard InChI is InChI=1S/C33H37N5O5.C2HF3O2/c1-3-16-38(27-13-14-27)21-31(24-9-5-4-6-10-24)43-33(40)35-19-23-8-7-11-25(17-23)36-32(39)37-26-12-15-28(29(18-26)41-2)30-20-34-22-42-30;3-2(4,5)1(6)7/h4-12,15,17-18,20,22,27,31H,3,13-14,16,19,21H2,1-2H3,(H,35,40)(H2,36,37,39);(H,6,7). The van der Waals surface area contributed by atoms with E-state index in [2.05, 4.69) is 32.8 Å². The van der Waals surface area contributed by atoms with Crippen molar-refractivity contribution < 1.29 is 46.6 Å². The average molecular weight is 698 g/mol. The summed E-state index contributed by atoms with van der Waals surface area (Å²) in [5.41, 5.74) is 3.64. The number of aromatic nitrogens is 1. The van der Waals surface area contributed by atoms with Crippen LogP contribution in [0, 0.1) is 0 Å². The maximum absolute atomic E-state index is 12.9. The van der Waals surface area contributed by atoms with Gasteiger partial charge < -0.3 is 34.9 Å². The number of ether oxygens (including phenoxy) is 2. The molecule has 15 heteroatoms. The minimum atomic E-state index is -5.08. The van der Waals surface area contributed by atoms with Crippen molar-refractivity contribution in [2.45, 2.75) is 51.1 Å². The molecule has 0 radical (unpaired) electrons. The third-order valence-electron chi connectivity index (χ3n) is 7.42. The third kappa shape index (κ3) is 11.5. The van der Waals surface area contributed by atoms with Crippen LogP contribution >= 0.6 is 0 Å². The summed E-state index contributed by atoms with van der Waals surface area (Å²) in [5, 5.41) is 15.6. The number of amides is 3. The fourth-order valence-electron chi connectivity index (χ4n) is 4.96. The number of nitrogens with zero attached hydrogens (tertiary/aromatic N) is 2. The van der Waals surface area contributed by atoms with Gasteiger partial charge >= 0.3 is 24.3 Å². The normalized spacial score (nSPS) is 13.0. The molecule has 1 aliphatic carbocycles. The Morgan fingerprint density at radius 1 is 1.02 bits per heavy atom. The van der Waals surface area contributed by atoms with Crippen molar-refractivity contribution in [3.63, 3.8) is 0 Å². The number of alkyl halides is 3. The van der Waals surface area contributed by atoms with Gasteiger partial charge in [0.1, 0.15) is 11.9 Å². The van der Waals surface area contributed by atoms with Crippen LogP contribution in [0.4, 0.5) is 34.1 Å². The van der Waals surface area contributed by atoms with E-state index in [0.717, 1.165) is 29.7 Å². The van der Waals surface area contributed by atoms with E-state index in [1.165, 1.54) is 19.2 Å². The number of carbonyl (C=O) groups is 3. The molecule has 5 rings (SSSR count). The highest BCUT2D eigenvalue weighted by Crippen LogP contribution is 2.33. The van der Waals surface area contributed by atoms with Crippen molar-refractivity contribution in [2.75, 3.05) is 30.8 Å². The Morgan fingerprint density at radius 2 is 1.72 bits per heavy atom. The lowest BCUT2D eigenvalue weighted by atomic mass is 10.1. The van der Waals surface area contributed by atoms with Crippen molar-refractivity contribution in [3.8, 4) is 17.1 Å². The molecule has 4 N–H and O–H groups in total. The fourth-order valence-corrected chi connectivity index (χ4v) is 4.96. The average Bonchev–Trinajstić information content (AvgIpc) is 3.80. The van der Waals surface area contributed by atoms with Gasteiger partial charge in [-0.05, 0) is 61.2 Å². The number of carbonyl (C=O) groups excluding carboxylic acids is 2. The highest BCUT2D eigenvalue weighted by Gasteiger charge is 2.38. The molecule has 0 saturated heterocycles. The maximum Gasteiger partial charge on any atom is 0.490 e. The Balaban J connectivity index is 0.000000727. The van der Waals surface area contributed by atoms with E-state index < -0.39 is 24.3 Å². The van der Waals surface area contributed by atoms with Gasteiger partial charge in [-0.2, -0.15) is 13.2 Å². The number of anilines is 2. The summed E-state index contributed by atoms with van der Waals surface area (Å²) in [6.45, 7) is 4.06. The first-order valence-electron chi connectivity index (χ1n) is 15.7. The van der Waals surface area contributed by atoms with Gasteiger partial charge in [0.05, 0.1) is 18.9 Å². The van der Waals surface area contributed by atoms with Crippen molar-refractivity contribution in [2.24, 2.45) is 0 Å². The number of hydrogen-bond donors (Lipinski definition) is 4. The molecule has 1 atom stereocenters. The lowest BCUT2D eigenvalue weighted by Gasteiger charge is -2.27. The molecular weight excluding hydrogens is 659 g/mol. The molecule has 1 fully saturated rings. The molecule has 266 valence electrons. The molecule has 1 heterocycles. The number of methoxy groups -OCH3 is 1. The van der Waals surface area contributed by atoms with Crippen molar-refractivity contribution in [1.82, 2.24) is 15.2 Å². The summed E-state index contributed by atoms with van der Waals surface area (Å²) in [5.74, 6) is -1.66. The predicted octanol–water partition coefficient (Wildman–Crippen LogP) is 7.47. The first kappa shape index (κ1) is 37.3. The summed E-state index contributed by atoms with van der Waals surface area (Å²) in [6, 6.07) is 22.6. The number of nitrogens with one attached hydrogen (secondary N) is 3. The van der Waals surface area contributed by atoms with Gasteiger partial charge in [-0.1, -0.05) is 49.4 Å². The van der Waals surface area contributed by atoms with Gasteiger partial charge in [0.2, 0.25) is 0 Å². The van der Waals surface area contributed by atoms with Crippen molar-refractivity contribution in [3.05, 3.63) is 96.5 Å². The number of aliphatic carboxylic acids is 1. The smallest absolute Gasteiger partial charge is 0.490 e. The second-order valence-corrected chi connectivity index (χ2v) is 11.2. The highest BCUT2D eigenvalue weighted by molar-refractivity contribution is 6.00. The molecule has 3 aromatic carbocycles. The van der Waals surface area contributed by atoms with E-state index in [9.17, 15) is 22.8 Å². The zero-order valence-corrected chi connectivity index (χ0v) is 27.4. The van der Waals surface area contributed by atoms with Gasteiger partial charge in [0, 0.05) is 36.6 Å². The second-order valence-electron chi connectivity index (χ2n) is 11.2. The van der Waals surface area contributed by atoms with E-state index in [4.69, 9.17) is 23.8 Å². The van der Waals surface area contributed by atoms with Gasteiger partial charge in [-0.3, -0.25) is 4.90 Å². The number of urea groups is 1. The van der Waals surface area contributed by atoms with E-state index in [1.807, 2.05) is 42.5 Å². The molecule has 1 aromatic heterocycles. The topological polar surface area (TPSA) is 155 Å². The van der Waals surface area contributed by atoms with Gasteiger partial charge in [-0.25, -0.2) is 19.4 Å². The molecule has 0 aliphatic heterocycles. The summed E-state index contributed by atoms with van der Waals surface area (Å²) in [6.07, 6.45) is 0.446. The van der Waals surface area contributed by atoms with Crippen LogP contribution in [0.15, 0.2) is 89.8 Å². The Morgan fingerprint density at radius 3 is 2.32 bits per heavy atom. The number of carboxylic acids is 1. The molecule has 50 heavy (non-hydrogen) atoms. The van der Waals surface area contributed by atoms with Crippen LogP contribution in [-0.4, -0.2) is 65.5 Å². The van der Waals surface area contributed by atoms with Crippen LogP contribution in [0.25, 0.3) is 11.3 Å². The number of benzene rings is 3. The monoisotopic (exact) mass is 697 g/mol. The Bertz CT molecular complexity index is 1700. The lowest BCUT2D eigenvalue weighted by Crippen LogP contribution is -2.35. The number of hydrogen-bond acceptors (Lipinski definition) is 8. The van der Waals surface area contributed by atoms with E-state index in [1.54, 1.807) is 43.6 Å². The van der Waals surface area contributed by atoms with E-state index in [0.29, 0.717) is 35.5 Å². The maximum atomic E-state index is 12.9. The number of alkyl carbamates (subject to hydrolysis) is 1. The number of oxazole rings is 1. The number of rotatable bonds is 13. The third-order valence-corrected chi connectivity index (χ3v) is 7.42. The summed E-state index contributed by atoms with van der Waals surface area (Å²) >= 11 is 0. The molecule has 1 saturated carbocycles. The Hall–Kier alpha value is -5.57. The molecule has 1 unspecified atom stereocenters. The zero-order valence-electron chi connectivity index (χ0n) is 27.4. The van der Waals surface area contributed by atoms with Crippen LogP contribution in [0.1, 0.15) is 43.4 Å². The fraction of sp³-hybridized carbons (Fsp3) is 0.314. The summed E-state index contributed by atoms with van der Waals surface area (Å²) in [7, 11) is 1.55. The molecular formula is C35H38F3N5O7. The molecule has 3 amide bonds. The predicted molar refractivity (Wildman–Crippen MR) is 179 cm³/mol. The zero-order chi connectivity index (χ0) is 36.1. The van der Waals surface area contributed by atoms with Crippen LogP contribution in [0.2, 0.25) is 0 Å². The molecule has 1 aliphatic rings. The van der Waals surface area contributed by atoms with E-state index >= 15 is 0 Å². The number of carboxylic acid groups (broad SMARTS) is 1. The first-order valence-corrected chi connectivity index (χ1v) is 15.7. The Kier molecular flexibility index (Phi) is 13.2. The minimum Gasteiger partial charge on any atom is -0.496 e. The largest absolute Gasteiger partial charge is 0.496 e. The van der Waals surface area contributed by atoms with Crippen LogP contribution in [-0.2, 0) is 16.1 Å². The number of halogens is 3. The van der Waals surface area contributed by atoms with Crippen LogP contribution < -0.4 is 20.7 Å². The van der Waals surface area contributed by atoms with Gasteiger partial charge in [0.15, 0.2) is 12.2 Å². The lowest BCUT2D eigenvalue weighted by molar-refractivity contribution is -0.192. The quantitative estimate of drug-likeness (QED) is 0.111. The summed E-state index contributed by atoms with van der Waals surface area (Å²) in [4.78, 5) is 40.9.